The Balaban J connectivity index is 2.06. The van der Waals surface area contributed by atoms with Crippen LogP contribution in [0.25, 0.3) is 0 Å². The number of nitrogens with two attached hydrogens (primary N) is 1. The molecule has 0 aliphatic heterocycles. The van der Waals surface area contributed by atoms with Gasteiger partial charge in [-0.3, -0.25) is 0 Å². The van der Waals surface area contributed by atoms with Crippen LogP contribution in [0.3, 0.4) is 0 Å². The van der Waals surface area contributed by atoms with Crippen molar-refractivity contribution in [2.24, 2.45) is 5.73 Å². The minimum Gasteiger partial charge on any atom is -0.343 e. The van der Waals surface area contributed by atoms with Gasteiger partial charge >= 0.3 is 0 Å². The summed E-state index contributed by atoms with van der Waals surface area (Å²) in [7, 11) is -3.59. The van der Waals surface area contributed by atoms with E-state index in [0.29, 0.717) is 23.3 Å². The third-order valence-electron chi connectivity index (χ3n) is 2.57. The molecule has 0 unspecified atom stereocenters. The Hall–Kier alpha value is -1.29. The third kappa shape index (κ3) is 3.63. The Morgan fingerprint density at radius 2 is 2.20 bits per heavy atom. The van der Waals surface area contributed by atoms with Gasteiger partial charge in [0.25, 0.3) is 0 Å². The van der Waals surface area contributed by atoms with Gasteiger partial charge in [0, 0.05) is 24.0 Å². The van der Waals surface area contributed by atoms with Crippen molar-refractivity contribution >= 4 is 26.0 Å². The summed E-state index contributed by atoms with van der Waals surface area (Å²) in [5.41, 5.74) is 6.35. The van der Waals surface area contributed by atoms with Crippen LogP contribution in [0.15, 0.2) is 38.5 Å². The van der Waals surface area contributed by atoms with Gasteiger partial charge in [0.15, 0.2) is 5.82 Å². The average Bonchev–Trinajstić information content (AvgIpc) is 2.91. The molecule has 9 heteroatoms. The third-order valence-corrected chi connectivity index (χ3v) is 5.01. The molecule has 0 amide bonds. The highest BCUT2D eigenvalue weighted by atomic mass is 79.9. The molecule has 1 aromatic heterocycles. The van der Waals surface area contributed by atoms with Crippen molar-refractivity contribution < 1.29 is 12.9 Å². The van der Waals surface area contributed by atoms with Gasteiger partial charge in [-0.1, -0.05) is 11.2 Å². The van der Waals surface area contributed by atoms with Gasteiger partial charge in [0.05, 0.1) is 4.90 Å². The van der Waals surface area contributed by atoms with Crippen LogP contribution in [0.4, 0.5) is 0 Å². The van der Waals surface area contributed by atoms with E-state index in [2.05, 4.69) is 35.3 Å². The summed E-state index contributed by atoms with van der Waals surface area (Å²) >= 11 is 3.24. The molecule has 0 spiro atoms. The molecule has 3 N–H and O–H groups in total. The monoisotopic (exact) mass is 360 g/mol. The Labute approximate surface area is 124 Å². The fourth-order valence-electron chi connectivity index (χ4n) is 1.57. The molecular weight excluding hydrogens is 348 g/mol. The van der Waals surface area contributed by atoms with Crippen LogP contribution >= 0.6 is 15.9 Å². The first-order valence-corrected chi connectivity index (χ1v) is 8.04. The molecule has 1 heterocycles. The molecule has 0 aliphatic rings. The lowest BCUT2D eigenvalue weighted by Crippen LogP contribution is -2.26. The molecular formula is C11H13BrN4O3S. The highest BCUT2D eigenvalue weighted by Gasteiger charge is 2.17. The number of rotatable bonds is 6. The largest absolute Gasteiger partial charge is 0.343 e. The minimum absolute atomic E-state index is 0.169. The van der Waals surface area contributed by atoms with Crippen molar-refractivity contribution in [3.05, 3.63) is 40.5 Å². The maximum absolute atomic E-state index is 12.1. The highest BCUT2D eigenvalue weighted by molar-refractivity contribution is 9.10. The zero-order valence-electron chi connectivity index (χ0n) is 10.4. The van der Waals surface area contributed by atoms with Gasteiger partial charge in [-0.2, -0.15) is 4.98 Å². The van der Waals surface area contributed by atoms with Crippen LogP contribution in [0.1, 0.15) is 11.4 Å². The molecule has 0 atom stereocenters. The minimum atomic E-state index is -3.59. The van der Waals surface area contributed by atoms with Crippen LogP contribution in [0, 0.1) is 0 Å². The smallest absolute Gasteiger partial charge is 0.241 e. The Kier molecular flexibility index (Phi) is 4.86. The summed E-state index contributed by atoms with van der Waals surface area (Å²) in [6, 6.07) is 4.88. The van der Waals surface area contributed by atoms with Crippen LogP contribution in [-0.2, 0) is 23.0 Å². The van der Waals surface area contributed by atoms with E-state index in [9.17, 15) is 8.42 Å². The molecule has 1 aromatic carbocycles. The number of sulfonamides is 1. The first-order valence-electron chi connectivity index (χ1n) is 5.76. The second-order valence-electron chi connectivity index (χ2n) is 3.96. The second kappa shape index (κ2) is 6.44. The lowest BCUT2D eigenvalue weighted by atomic mass is 10.2. The topological polar surface area (TPSA) is 111 Å². The molecule has 20 heavy (non-hydrogen) atoms. The van der Waals surface area contributed by atoms with E-state index < -0.39 is 10.0 Å². The summed E-state index contributed by atoms with van der Waals surface area (Å²) in [5, 5.41) is 3.60. The predicted octanol–water partition coefficient (Wildman–Crippen LogP) is 0.812. The van der Waals surface area contributed by atoms with E-state index in [1.807, 2.05) is 0 Å². The number of halogens is 1. The van der Waals surface area contributed by atoms with E-state index in [0.717, 1.165) is 5.56 Å². The fraction of sp³-hybridized carbons (Fsp3) is 0.273. The Morgan fingerprint density at radius 1 is 1.40 bits per heavy atom. The number of nitrogens with zero attached hydrogens (tertiary/aromatic N) is 2. The fourth-order valence-corrected chi connectivity index (χ4v) is 3.72. The van der Waals surface area contributed by atoms with Gasteiger partial charge in [-0.05, 0) is 33.6 Å². The number of nitrogens with one attached hydrogen (secondary N) is 1. The van der Waals surface area contributed by atoms with Gasteiger partial charge in [0.2, 0.25) is 16.4 Å². The lowest BCUT2D eigenvalue weighted by Gasteiger charge is -2.08. The number of hydrogen-bond donors (Lipinski definition) is 2. The molecule has 2 aromatic rings. The molecule has 108 valence electrons. The summed E-state index contributed by atoms with van der Waals surface area (Å²) in [6.07, 6.45) is 1.56. The summed E-state index contributed by atoms with van der Waals surface area (Å²) in [4.78, 5) is 3.98. The van der Waals surface area contributed by atoms with Crippen molar-refractivity contribution in [2.75, 3.05) is 6.54 Å². The molecule has 0 radical (unpaired) electrons. The summed E-state index contributed by atoms with van der Waals surface area (Å²) < 4.78 is 31.8. The Bertz CT molecular complexity index is 673. The van der Waals surface area contributed by atoms with Gasteiger partial charge in [-0.25, -0.2) is 13.1 Å². The lowest BCUT2D eigenvalue weighted by molar-refractivity contribution is 0.410. The highest BCUT2D eigenvalue weighted by Crippen LogP contribution is 2.22. The van der Waals surface area contributed by atoms with E-state index in [-0.39, 0.29) is 11.4 Å². The van der Waals surface area contributed by atoms with Crippen molar-refractivity contribution in [2.45, 2.75) is 17.9 Å². The van der Waals surface area contributed by atoms with E-state index in [1.54, 1.807) is 12.1 Å². The van der Waals surface area contributed by atoms with Crippen molar-refractivity contribution in [3.63, 3.8) is 0 Å². The maximum Gasteiger partial charge on any atom is 0.241 e. The molecule has 0 saturated carbocycles. The first kappa shape index (κ1) is 15.1. The van der Waals surface area contributed by atoms with Gasteiger partial charge in [-0.15, -0.1) is 0 Å². The zero-order valence-corrected chi connectivity index (χ0v) is 12.8. The molecule has 2 rings (SSSR count). The predicted molar refractivity (Wildman–Crippen MR) is 75.2 cm³/mol. The molecule has 0 bridgehead atoms. The average molecular weight is 361 g/mol. The molecule has 0 fully saturated rings. The van der Waals surface area contributed by atoms with Crippen LogP contribution in [0.5, 0.6) is 0 Å². The second-order valence-corrected chi connectivity index (χ2v) is 6.55. The van der Waals surface area contributed by atoms with Gasteiger partial charge < -0.3 is 10.3 Å². The summed E-state index contributed by atoms with van der Waals surface area (Å²) in [6.45, 7) is 0.539. The van der Waals surface area contributed by atoms with Crippen LogP contribution in [-0.4, -0.2) is 25.1 Å². The first-order chi connectivity index (χ1) is 9.53. The number of benzene rings is 1. The van der Waals surface area contributed by atoms with Crippen molar-refractivity contribution in [3.8, 4) is 0 Å². The SMILES string of the molecule is NCc1ccc(S(=O)(=O)NCCc2ncon2)c(Br)c1. The number of aromatic nitrogens is 2. The molecule has 0 saturated heterocycles. The Morgan fingerprint density at radius 3 is 2.80 bits per heavy atom. The normalized spacial score (nSPS) is 11.7. The maximum atomic E-state index is 12.1. The van der Waals surface area contributed by atoms with Gasteiger partial charge in [0.1, 0.15) is 0 Å². The summed E-state index contributed by atoms with van der Waals surface area (Å²) in [5.74, 6) is 0.449. The van der Waals surface area contributed by atoms with Crippen LogP contribution < -0.4 is 10.5 Å². The van der Waals surface area contributed by atoms with Crippen molar-refractivity contribution in [1.82, 2.24) is 14.9 Å². The molecule has 7 nitrogen and oxygen atoms in total. The standard InChI is InChI=1S/C11H13BrN4O3S/c12-9-5-8(6-13)1-2-10(9)20(17,18)15-4-3-11-14-7-19-16-11/h1-2,5,7,15H,3-4,6,13H2. The van der Waals surface area contributed by atoms with E-state index >= 15 is 0 Å². The van der Waals surface area contributed by atoms with Crippen molar-refractivity contribution in [1.29, 1.82) is 0 Å². The van der Waals surface area contributed by atoms with Crippen LogP contribution in [0.2, 0.25) is 0 Å². The molecule has 0 aliphatic carbocycles. The van der Waals surface area contributed by atoms with E-state index in [1.165, 1.54) is 12.5 Å². The zero-order chi connectivity index (χ0) is 14.6. The number of hydrogen-bond acceptors (Lipinski definition) is 6. The quantitative estimate of drug-likeness (QED) is 0.788. The van der Waals surface area contributed by atoms with E-state index in [4.69, 9.17) is 5.73 Å².